The lowest BCUT2D eigenvalue weighted by atomic mass is 10.1. The molecule has 1 unspecified atom stereocenters. The first kappa shape index (κ1) is 17.4. The Kier molecular flexibility index (Phi) is 6.16. The summed E-state index contributed by atoms with van der Waals surface area (Å²) < 4.78 is 54.1. The van der Waals surface area contributed by atoms with Gasteiger partial charge >= 0.3 is 6.18 Å². The zero-order valence-electron chi connectivity index (χ0n) is 11.2. The number of anilines is 2. The summed E-state index contributed by atoms with van der Waals surface area (Å²) in [7, 11) is 0.000398. The average Bonchev–Trinajstić information content (AvgIpc) is 2.37. The summed E-state index contributed by atoms with van der Waals surface area (Å²) in [6.45, 7) is 0.236. The van der Waals surface area contributed by atoms with Gasteiger partial charge in [0, 0.05) is 35.0 Å². The Balaban J connectivity index is 2.71. The van der Waals surface area contributed by atoms with Gasteiger partial charge in [0.25, 0.3) is 0 Å². The van der Waals surface area contributed by atoms with E-state index in [9.17, 15) is 22.2 Å². The summed E-state index contributed by atoms with van der Waals surface area (Å²) in [5.74, 6) is -0.767. The maximum absolute atomic E-state index is 12.7. The van der Waals surface area contributed by atoms with Gasteiger partial charge in [0.1, 0.15) is 5.75 Å². The molecule has 1 rings (SSSR count). The molecule has 0 radical (unpaired) electrons. The van der Waals surface area contributed by atoms with Gasteiger partial charge in [0.05, 0.1) is 12.2 Å². The van der Waals surface area contributed by atoms with E-state index in [2.05, 4.69) is 5.32 Å². The van der Waals surface area contributed by atoms with Gasteiger partial charge in [0.2, 0.25) is 5.91 Å². The van der Waals surface area contributed by atoms with Crippen LogP contribution in [0.5, 0.6) is 0 Å². The second-order valence-corrected chi connectivity index (χ2v) is 5.71. The standard InChI is InChI=1S/C12H15F3N2O3S/c1-20-4-5-21(19)7-11(18)17-8-2-3-10(16)9(6-8)12(13,14)15/h2-3,6H,4-5,7,16H2,1H3,(H,17,18). The Morgan fingerprint density at radius 1 is 1.43 bits per heavy atom. The van der Waals surface area contributed by atoms with E-state index in [1.54, 1.807) is 0 Å². The number of nitrogen functional groups attached to an aromatic ring is 1. The molecule has 118 valence electrons. The molecule has 1 atom stereocenters. The van der Waals surface area contributed by atoms with Crippen LogP contribution in [0.1, 0.15) is 5.56 Å². The minimum atomic E-state index is -4.61. The molecule has 1 aromatic rings. The quantitative estimate of drug-likeness (QED) is 0.779. The van der Waals surface area contributed by atoms with Crippen molar-refractivity contribution < 1.29 is 26.9 Å². The summed E-state index contributed by atoms with van der Waals surface area (Å²) in [5, 5.41) is 2.26. The van der Waals surface area contributed by atoms with Crippen molar-refractivity contribution in [1.29, 1.82) is 0 Å². The van der Waals surface area contributed by atoms with Crippen LogP contribution in [0.3, 0.4) is 0 Å². The molecule has 0 aliphatic rings. The van der Waals surface area contributed by atoms with Crippen molar-refractivity contribution in [3.05, 3.63) is 23.8 Å². The Morgan fingerprint density at radius 2 is 2.10 bits per heavy atom. The maximum Gasteiger partial charge on any atom is 0.418 e. The van der Waals surface area contributed by atoms with E-state index >= 15 is 0 Å². The molecule has 9 heteroatoms. The van der Waals surface area contributed by atoms with E-state index in [0.29, 0.717) is 0 Å². The number of nitrogens with two attached hydrogens (primary N) is 1. The van der Waals surface area contributed by atoms with Crippen molar-refractivity contribution in [2.45, 2.75) is 6.18 Å². The predicted molar refractivity (Wildman–Crippen MR) is 74.2 cm³/mol. The molecule has 3 N–H and O–H groups in total. The SMILES string of the molecule is COCCS(=O)CC(=O)Nc1ccc(N)c(C(F)(F)F)c1. The molecule has 0 heterocycles. The van der Waals surface area contributed by atoms with Gasteiger partial charge in [-0.25, -0.2) is 0 Å². The fourth-order valence-electron chi connectivity index (χ4n) is 1.47. The highest BCUT2D eigenvalue weighted by Gasteiger charge is 2.33. The minimum Gasteiger partial charge on any atom is -0.398 e. The topological polar surface area (TPSA) is 81.4 Å². The van der Waals surface area contributed by atoms with Crippen LogP contribution in [0.2, 0.25) is 0 Å². The van der Waals surface area contributed by atoms with Crippen LogP contribution in [0, 0.1) is 0 Å². The first-order valence-corrected chi connectivity index (χ1v) is 7.33. The largest absolute Gasteiger partial charge is 0.418 e. The number of methoxy groups -OCH3 is 1. The number of hydrogen-bond donors (Lipinski definition) is 2. The first-order chi connectivity index (χ1) is 9.74. The number of benzene rings is 1. The van der Waals surface area contributed by atoms with Gasteiger partial charge in [-0.2, -0.15) is 13.2 Å². The predicted octanol–water partition coefficient (Wildman–Crippen LogP) is 1.62. The third kappa shape index (κ3) is 5.72. The first-order valence-electron chi connectivity index (χ1n) is 5.84. The molecule has 0 aromatic heterocycles. The lowest BCUT2D eigenvalue weighted by Gasteiger charge is -2.12. The second-order valence-electron chi connectivity index (χ2n) is 4.13. The Morgan fingerprint density at radius 3 is 2.67 bits per heavy atom. The number of nitrogens with one attached hydrogen (secondary N) is 1. The highest BCUT2D eigenvalue weighted by atomic mass is 32.2. The van der Waals surface area contributed by atoms with Crippen LogP contribution < -0.4 is 11.1 Å². The summed E-state index contributed by atoms with van der Waals surface area (Å²) in [6.07, 6.45) is -4.61. The second kappa shape index (κ2) is 7.41. The molecule has 1 aromatic carbocycles. The highest BCUT2D eigenvalue weighted by molar-refractivity contribution is 7.85. The molecule has 0 fully saturated rings. The molecule has 21 heavy (non-hydrogen) atoms. The molecule has 0 spiro atoms. The zero-order chi connectivity index (χ0) is 16.0. The molecule has 0 saturated heterocycles. The number of rotatable bonds is 6. The monoisotopic (exact) mass is 324 g/mol. The number of alkyl halides is 3. The number of carbonyl (C=O) groups is 1. The van der Waals surface area contributed by atoms with Crippen molar-refractivity contribution in [2.24, 2.45) is 0 Å². The third-order valence-electron chi connectivity index (χ3n) is 2.45. The van der Waals surface area contributed by atoms with Crippen molar-refractivity contribution in [1.82, 2.24) is 0 Å². The van der Waals surface area contributed by atoms with Gasteiger partial charge < -0.3 is 15.8 Å². The van der Waals surface area contributed by atoms with Crippen LogP contribution in [0.15, 0.2) is 18.2 Å². The Labute approximate surface area is 122 Å². The van der Waals surface area contributed by atoms with Crippen LogP contribution in [0.25, 0.3) is 0 Å². The highest BCUT2D eigenvalue weighted by Crippen LogP contribution is 2.35. The van der Waals surface area contributed by atoms with Crippen LogP contribution in [0.4, 0.5) is 24.5 Å². The fourth-order valence-corrected chi connectivity index (χ4v) is 2.33. The summed E-state index contributed by atoms with van der Waals surface area (Å²) in [5.41, 5.74) is 3.74. The normalized spacial score (nSPS) is 13.0. The van der Waals surface area contributed by atoms with Gasteiger partial charge in [-0.3, -0.25) is 9.00 Å². The molecule has 0 aliphatic heterocycles. The van der Waals surface area contributed by atoms with Gasteiger partial charge in [0.15, 0.2) is 0 Å². The maximum atomic E-state index is 12.7. The minimum absolute atomic E-state index is 0.0507. The lowest BCUT2D eigenvalue weighted by molar-refractivity contribution is -0.136. The van der Waals surface area contributed by atoms with E-state index in [0.717, 1.165) is 12.1 Å². The summed E-state index contributed by atoms with van der Waals surface area (Å²) in [4.78, 5) is 11.6. The van der Waals surface area contributed by atoms with E-state index in [-0.39, 0.29) is 23.8 Å². The van der Waals surface area contributed by atoms with Crippen molar-refractivity contribution in [3.8, 4) is 0 Å². The lowest BCUT2D eigenvalue weighted by Crippen LogP contribution is -2.22. The number of carbonyl (C=O) groups excluding carboxylic acids is 1. The smallest absolute Gasteiger partial charge is 0.398 e. The average molecular weight is 324 g/mol. The van der Waals surface area contributed by atoms with E-state index < -0.39 is 34.1 Å². The fraction of sp³-hybridized carbons (Fsp3) is 0.417. The number of hydrogen-bond acceptors (Lipinski definition) is 4. The third-order valence-corrected chi connectivity index (χ3v) is 3.66. The van der Waals surface area contributed by atoms with Crippen molar-refractivity contribution >= 4 is 28.1 Å². The van der Waals surface area contributed by atoms with Crippen LogP contribution >= 0.6 is 0 Å². The Bertz CT molecular complexity index is 535. The molecular weight excluding hydrogens is 309 g/mol. The molecule has 0 bridgehead atoms. The van der Waals surface area contributed by atoms with Crippen LogP contribution in [-0.4, -0.2) is 35.3 Å². The zero-order valence-corrected chi connectivity index (χ0v) is 12.0. The van der Waals surface area contributed by atoms with Crippen LogP contribution in [-0.2, 0) is 26.5 Å². The van der Waals surface area contributed by atoms with Crippen molar-refractivity contribution in [3.63, 3.8) is 0 Å². The number of halogens is 3. The summed E-state index contributed by atoms with van der Waals surface area (Å²) in [6, 6.07) is 3.05. The van der Waals surface area contributed by atoms with E-state index in [1.165, 1.54) is 13.2 Å². The number of ether oxygens (including phenoxy) is 1. The molecular formula is C12H15F3N2O3S. The van der Waals surface area contributed by atoms with E-state index in [1.807, 2.05) is 0 Å². The number of amides is 1. The van der Waals surface area contributed by atoms with Gasteiger partial charge in [-0.05, 0) is 18.2 Å². The summed E-state index contributed by atoms with van der Waals surface area (Å²) >= 11 is 0. The van der Waals surface area contributed by atoms with Gasteiger partial charge in [-0.1, -0.05) is 0 Å². The molecule has 0 aliphatic carbocycles. The van der Waals surface area contributed by atoms with E-state index in [4.69, 9.17) is 10.5 Å². The van der Waals surface area contributed by atoms with Crippen molar-refractivity contribution in [2.75, 3.05) is 36.3 Å². The van der Waals surface area contributed by atoms with Gasteiger partial charge in [-0.15, -0.1) is 0 Å². The Hall–Kier alpha value is -1.61. The molecule has 0 saturated carbocycles. The molecule has 1 amide bonds. The molecule has 5 nitrogen and oxygen atoms in total.